The van der Waals surface area contributed by atoms with E-state index < -0.39 is 12.6 Å². The monoisotopic (exact) mass is 520 g/mol. The lowest BCUT2D eigenvalue weighted by atomic mass is 9.87. The summed E-state index contributed by atoms with van der Waals surface area (Å²) < 4.78 is 13.0. The van der Waals surface area contributed by atoms with Crippen LogP contribution in [0.25, 0.3) is 0 Å². The first-order valence-corrected chi connectivity index (χ1v) is 13.9. The molecule has 38 heavy (non-hydrogen) atoms. The fraction of sp³-hybridized carbons (Fsp3) is 0.469. The molecule has 3 aliphatic rings. The van der Waals surface area contributed by atoms with Gasteiger partial charge in [-0.3, -0.25) is 14.6 Å². The van der Waals surface area contributed by atoms with E-state index in [1.54, 1.807) is 6.08 Å². The van der Waals surface area contributed by atoms with E-state index in [0.29, 0.717) is 37.3 Å². The minimum absolute atomic E-state index is 0.0366. The second kappa shape index (κ2) is 15.2. The van der Waals surface area contributed by atoms with Gasteiger partial charge in [0.1, 0.15) is 6.67 Å². The van der Waals surface area contributed by atoms with E-state index >= 15 is 0 Å². The molecule has 2 heterocycles. The van der Waals surface area contributed by atoms with Gasteiger partial charge in [0.25, 0.3) is 5.91 Å². The number of rotatable bonds is 11. The molecule has 1 atom stereocenters. The van der Waals surface area contributed by atoms with Gasteiger partial charge in [-0.05, 0) is 61.2 Å². The molecule has 0 aromatic heterocycles. The maximum Gasteiger partial charge on any atom is 0.303 e. The van der Waals surface area contributed by atoms with E-state index in [9.17, 15) is 14.0 Å². The molecular formula is C32H41FN2O3. The van der Waals surface area contributed by atoms with Gasteiger partial charge in [0.05, 0.1) is 12.3 Å². The molecule has 0 radical (unpaired) electrons. The van der Waals surface area contributed by atoms with Crippen LogP contribution < -0.4 is 0 Å². The van der Waals surface area contributed by atoms with Gasteiger partial charge in [-0.25, -0.2) is 4.39 Å². The maximum atomic E-state index is 13.4. The van der Waals surface area contributed by atoms with Crippen molar-refractivity contribution in [3.8, 4) is 0 Å². The van der Waals surface area contributed by atoms with Crippen molar-refractivity contribution in [1.82, 2.24) is 4.90 Å². The fourth-order valence-electron chi connectivity index (χ4n) is 5.03. The van der Waals surface area contributed by atoms with Crippen molar-refractivity contribution in [1.29, 1.82) is 0 Å². The number of carboxylic acid groups (broad SMARTS) is 1. The molecule has 1 unspecified atom stereocenters. The number of alkyl halides is 1. The Kier molecular flexibility index (Phi) is 11.7. The number of amides is 1. The first kappa shape index (κ1) is 29.3. The van der Waals surface area contributed by atoms with Crippen LogP contribution in [0.4, 0.5) is 4.39 Å². The van der Waals surface area contributed by atoms with Crippen LogP contribution in [0.2, 0.25) is 0 Å². The number of carbonyl (C=O) groups is 2. The Morgan fingerprint density at radius 3 is 2.66 bits per heavy atom. The number of carboxylic acids is 1. The summed E-state index contributed by atoms with van der Waals surface area (Å²) in [6.45, 7) is 5.41. The lowest BCUT2D eigenvalue weighted by Gasteiger charge is -2.40. The van der Waals surface area contributed by atoms with Crippen LogP contribution in [0.3, 0.4) is 0 Å². The summed E-state index contributed by atoms with van der Waals surface area (Å²) in [5, 5.41) is 9.04. The van der Waals surface area contributed by atoms with Crippen LogP contribution >= 0.6 is 0 Å². The average molecular weight is 521 g/mol. The van der Waals surface area contributed by atoms with Crippen LogP contribution in [0.5, 0.6) is 0 Å². The zero-order valence-corrected chi connectivity index (χ0v) is 22.7. The minimum Gasteiger partial charge on any atom is -0.481 e. The van der Waals surface area contributed by atoms with E-state index in [1.807, 2.05) is 36.1 Å². The molecule has 3 rings (SSSR count). The number of aliphatic carboxylic acids is 1. The molecule has 1 aliphatic carbocycles. The Labute approximate surface area is 226 Å². The number of hydrogen-bond acceptors (Lipinski definition) is 3. The van der Waals surface area contributed by atoms with Gasteiger partial charge in [-0.2, -0.15) is 0 Å². The number of hydrogen-bond donors (Lipinski definition) is 1. The third-order valence-electron chi connectivity index (χ3n) is 6.94. The van der Waals surface area contributed by atoms with Crippen molar-refractivity contribution in [2.75, 3.05) is 26.3 Å². The van der Waals surface area contributed by atoms with Crippen molar-refractivity contribution in [2.24, 2.45) is 16.8 Å². The molecule has 6 heteroatoms. The third kappa shape index (κ3) is 8.64. The third-order valence-corrected chi connectivity index (χ3v) is 6.94. The van der Waals surface area contributed by atoms with Crippen LogP contribution in [-0.4, -0.2) is 53.9 Å². The zero-order chi connectivity index (χ0) is 27.3. The summed E-state index contributed by atoms with van der Waals surface area (Å²) in [5.41, 5.74) is 4.70. The number of aliphatic imine (C=N–C) groups is 1. The molecule has 1 amide bonds. The molecule has 1 fully saturated rings. The standard InChI is InChI=1S/C32H41FN2O3/c1-3-11-26(15-9-18-33)31-27(14-7-8-17-30(36)37)20-24(2)21-28(16-10-19-34-31)32(38)35-22-29(23-35)25-12-5-4-6-13-25/h5,9-13,15-16,20-21,24,29H,3-4,6-8,14,17-19,22-23H2,1-2H3,(H,36,37)/b15-9-,16-10-,26-11+,27-20-,28-21+,34-31?. The highest BCUT2D eigenvalue weighted by atomic mass is 19.1. The lowest BCUT2D eigenvalue weighted by molar-refractivity contribution is -0.137. The highest BCUT2D eigenvalue weighted by molar-refractivity contribution is 6.14. The van der Waals surface area contributed by atoms with Crippen molar-refractivity contribution in [2.45, 2.75) is 58.8 Å². The summed E-state index contributed by atoms with van der Waals surface area (Å²) >= 11 is 0. The number of nitrogens with zero attached hydrogens (tertiary/aromatic N) is 2. The Bertz CT molecular complexity index is 1100. The smallest absolute Gasteiger partial charge is 0.303 e. The van der Waals surface area contributed by atoms with Crippen molar-refractivity contribution in [3.05, 3.63) is 83.1 Å². The van der Waals surface area contributed by atoms with E-state index in [0.717, 1.165) is 49.2 Å². The van der Waals surface area contributed by atoms with Gasteiger partial charge >= 0.3 is 5.97 Å². The normalized spacial score (nSPS) is 24.6. The molecule has 0 aromatic carbocycles. The Morgan fingerprint density at radius 1 is 1.16 bits per heavy atom. The predicted molar refractivity (Wildman–Crippen MR) is 153 cm³/mol. The largest absolute Gasteiger partial charge is 0.481 e. The molecule has 0 spiro atoms. The van der Waals surface area contributed by atoms with Gasteiger partial charge in [0.2, 0.25) is 0 Å². The van der Waals surface area contributed by atoms with Crippen LogP contribution in [0.1, 0.15) is 58.8 Å². The molecule has 1 N–H and O–H groups in total. The molecule has 204 valence electrons. The van der Waals surface area contributed by atoms with E-state index in [-0.39, 0.29) is 18.2 Å². The molecule has 0 bridgehead atoms. The summed E-state index contributed by atoms with van der Waals surface area (Å²) in [5.74, 6) is -0.374. The van der Waals surface area contributed by atoms with E-state index in [2.05, 4.69) is 31.2 Å². The number of unbranched alkanes of at least 4 members (excludes halogenated alkanes) is 1. The second-order valence-corrected chi connectivity index (χ2v) is 10.1. The number of allylic oxidation sites excluding steroid dienone is 10. The zero-order valence-electron chi connectivity index (χ0n) is 22.7. The molecule has 2 aliphatic heterocycles. The van der Waals surface area contributed by atoms with Crippen molar-refractivity contribution >= 4 is 17.6 Å². The summed E-state index contributed by atoms with van der Waals surface area (Å²) in [6.07, 6.45) is 24.9. The Hall–Kier alpha value is -3.28. The van der Waals surface area contributed by atoms with Gasteiger partial charge in [0, 0.05) is 31.0 Å². The number of carbonyl (C=O) groups excluding carboxylic acids is 1. The first-order valence-electron chi connectivity index (χ1n) is 13.9. The van der Waals surface area contributed by atoms with Gasteiger partial charge in [-0.15, -0.1) is 0 Å². The van der Waals surface area contributed by atoms with Gasteiger partial charge < -0.3 is 10.0 Å². The fourth-order valence-corrected chi connectivity index (χ4v) is 5.03. The second-order valence-electron chi connectivity index (χ2n) is 10.1. The highest BCUT2D eigenvalue weighted by Crippen LogP contribution is 2.29. The first-order chi connectivity index (χ1) is 18.4. The van der Waals surface area contributed by atoms with E-state index in [4.69, 9.17) is 10.1 Å². The summed E-state index contributed by atoms with van der Waals surface area (Å²) in [6, 6.07) is 0. The molecular weight excluding hydrogens is 479 g/mol. The van der Waals surface area contributed by atoms with Crippen LogP contribution in [-0.2, 0) is 9.59 Å². The summed E-state index contributed by atoms with van der Waals surface area (Å²) in [7, 11) is 0. The Balaban J connectivity index is 1.81. The number of likely N-dealkylation sites (tertiary alicyclic amines) is 1. The van der Waals surface area contributed by atoms with Crippen LogP contribution in [0.15, 0.2) is 88.0 Å². The Morgan fingerprint density at radius 2 is 1.97 bits per heavy atom. The highest BCUT2D eigenvalue weighted by Gasteiger charge is 2.33. The minimum atomic E-state index is -0.801. The topological polar surface area (TPSA) is 70.0 Å². The van der Waals surface area contributed by atoms with E-state index in [1.165, 1.54) is 11.6 Å². The molecule has 0 saturated carbocycles. The van der Waals surface area contributed by atoms with Gasteiger partial charge in [-0.1, -0.05) is 74.6 Å². The number of halogens is 1. The quantitative estimate of drug-likeness (QED) is 0.243. The SMILES string of the molecule is CC/C=C(\C=C/CF)C1=NC/C=C\C(C(=O)N2CC(C3=CCCC=C3)C2)=C/C(C)/C=C\1CCCCC(=O)O. The predicted octanol–water partition coefficient (Wildman–Crippen LogP) is 6.73. The van der Waals surface area contributed by atoms with Crippen LogP contribution in [0, 0.1) is 11.8 Å². The van der Waals surface area contributed by atoms with Crippen molar-refractivity contribution in [3.63, 3.8) is 0 Å². The molecule has 5 nitrogen and oxygen atoms in total. The lowest BCUT2D eigenvalue weighted by Crippen LogP contribution is -2.51. The maximum absolute atomic E-state index is 13.4. The van der Waals surface area contributed by atoms with Crippen molar-refractivity contribution < 1.29 is 19.1 Å². The molecule has 0 aromatic rings. The average Bonchev–Trinajstić information content (AvgIpc) is 2.87. The molecule has 1 saturated heterocycles. The summed E-state index contributed by atoms with van der Waals surface area (Å²) in [4.78, 5) is 31.1. The van der Waals surface area contributed by atoms with Gasteiger partial charge in [0.15, 0.2) is 0 Å².